The number of hydrogen-bond donors (Lipinski definition) is 1. The summed E-state index contributed by atoms with van der Waals surface area (Å²) < 4.78 is 31.4. The number of carbonyl (C=O) groups is 1. The van der Waals surface area contributed by atoms with E-state index in [9.17, 15) is 13.2 Å². The molecule has 2 aromatic carbocycles. The third-order valence-corrected chi connectivity index (χ3v) is 4.31. The topological polar surface area (TPSA) is 72.5 Å². The summed E-state index contributed by atoms with van der Waals surface area (Å²) in [6.45, 7) is -0.279. The van der Waals surface area contributed by atoms with Crippen molar-refractivity contribution in [3.05, 3.63) is 60.2 Å². The summed E-state index contributed by atoms with van der Waals surface area (Å²) in [5, 5.41) is 0. The maximum absolute atomic E-state index is 12.1. The van der Waals surface area contributed by atoms with Crippen molar-refractivity contribution in [2.75, 3.05) is 13.7 Å². The summed E-state index contributed by atoms with van der Waals surface area (Å²) in [5.41, 5.74) is 0.468. The summed E-state index contributed by atoms with van der Waals surface area (Å²) in [5.74, 6) is 0.280. The van der Waals surface area contributed by atoms with Crippen molar-refractivity contribution in [1.82, 2.24) is 4.72 Å². The highest BCUT2D eigenvalue weighted by atomic mass is 32.2. The zero-order valence-corrected chi connectivity index (χ0v) is 12.3. The van der Waals surface area contributed by atoms with E-state index in [1.54, 1.807) is 42.5 Å². The van der Waals surface area contributed by atoms with Crippen molar-refractivity contribution >= 4 is 15.8 Å². The molecular weight excluding hydrogens is 290 g/mol. The van der Waals surface area contributed by atoms with Gasteiger partial charge in [0.2, 0.25) is 10.0 Å². The molecule has 0 saturated heterocycles. The minimum Gasteiger partial charge on any atom is -0.497 e. The molecule has 1 N–H and O–H groups in total. The normalized spacial score (nSPS) is 11.1. The molecule has 0 aliphatic heterocycles. The minimum atomic E-state index is -3.71. The number of sulfonamides is 1. The van der Waals surface area contributed by atoms with Gasteiger partial charge in [0.05, 0.1) is 18.6 Å². The lowest BCUT2D eigenvalue weighted by Crippen LogP contribution is -2.29. The molecule has 0 aliphatic carbocycles. The molecule has 0 unspecified atom stereocenters. The second-order valence-corrected chi connectivity index (χ2v) is 6.06. The van der Waals surface area contributed by atoms with Crippen LogP contribution < -0.4 is 9.46 Å². The van der Waals surface area contributed by atoms with Crippen LogP contribution in [0, 0.1) is 0 Å². The van der Waals surface area contributed by atoms with Gasteiger partial charge < -0.3 is 4.74 Å². The van der Waals surface area contributed by atoms with E-state index in [1.807, 2.05) is 0 Å². The number of carbonyl (C=O) groups excluding carboxylic acids is 1. The lowest BCUT2D eigenvalue weighted by molar-refractivity contribution is 0.0997. The SMILES string of the molecule is COc1ccc(S(=O)(=O)NCC(=O)c2ccccc2)cc1. The van der Waals surface area contributed by atoms with E-state index in [0.29, 0.717) is 11.3 Å². The predicted molar refractivity (Wildman–Crippen MR) is 79.0 cm³/mol. The van der Waals surface area contributed by atoms with Gasteiger partial charge in [0, 0.05) is 5.56 Å². The largest absolute Gasteiger partial charge is 0.497 e. The molecule has 0 amide bonds. The highest BCUT2D eigenvalue weighted by molar-refractivity contribution is 7.89. The first-order chi connectivity index (χ1) is 10.0. The number of ether oxygens (including phenoxy) is 1. The van der Waals surface area contributed by atoms with Gasteiger partial charge in [-0.3, -0.25) is 4.79 Å². The summed E-state index contributed by atoms with van der Waals surface area (Å²) >= 11 is 0. The van der Waals surface area contributed by atoms with Gasteiger partial charge in [0.15, 0.2) is 5.78 Å². The van der Waals surface area contributed by atoms with E-state index in [4.69, 9.17) is 4.74 Å². The third kappa shape index (κ3) is 3.90. The molecule has 0 heterocycles. The Hall–Kier alpha value is -2.18. The number of rotatable bonds is 6. The number of nitrogens with one attached hydrogen (secondary N) is 1. The van der Waals surface area contributed by atoms with Gasteiger partial charge in [-0.05, 0) is 24.3 Å². The van der Waals surface area contributed by atoms with Gasteiger partial charge in [0.1, 0.15) is 5.75 Å². The van der Waals surface area contributed by atoms with Crippen molar-refractivity contribution in [2.45, 2.75) is 4.90 Å². The lowest BCUT2D eigenvalue weighted by Gasteiger charge is -2.07. The van der Waals surface area contributed by atoms with Gasteiger partial charge in [-0.25, -0.2) is 13.1 Å². The standard InChI is InChI=1S/C15H15NO4S/c1-20-13-7-9-14(10-8-13)21(18,19)16-11-15(17)12-5-3-2-4-6-12/h2-10,16H,11H2,1H3. The molecule has 0 aliphatic rings. The second kappa shape index (κ2) is 6.51. The van der Waals surface area contributed by atoms with Crippen LogP contribution in [-0.4, -0.2) is 27.9 Å². The molecule has 5 nitrogen and oxygen atoms in total. The number of Topliss-reactive ketones (excluding diaryl/α,β-unsaturated/α-hetero) is 1. The average Bonchev–Trinajstić information content (AvgIpc) is 2.53. The zero-order chi connectivity index (χ0) is 15.3. The average molecular weight is 305 g/mol. The Morgan fingerprint density at radius 3 is 2.24 bits per heavy atom. The van der Waals surface area contributed by atoms with Gasteiger partial charge in [-0.1, -0.05) is 30.3 Å². The van der Waals surface area contributed by atoms with E-state index >= 15 is 0 Å². The Morgan fingerprint density at radius 1 is 1.05 bits per heavy atom. The van der Waals surface area contributed by atoms with Crippen LogP contribution in [0.4, 0.5) is 0 Å². The van der Waals surface area contributed by atoms with Gasteiger partial charge >= 0.3 is 0 Å². The number of hydrogen-bond acceptors (Lipinski definition) is 4. The smallest absolute Gasteiger partial charge is 0.240 e. The molecule has 0 spiro atoms. The van der Waals surface area contributed by atoms with E-state index in [1.165, 1.54) is 19.2 Å². The van der Waals surface area contributed by atoms with Gasteiger partial charge in [-0.15, -0.1) is 0 Å². The second-order valence-electron chi connectivity index (χ2n) is 4.29. The van der Waals surface area contributed by atoms with Gasteiger partial charge in [-0.2, -0.15) is 0 Å². The van der Waals surface area contributed by atoms with Crippen LogP contribution in [0.1, 0.15) is 10.4 Å². The molecule has 0 aromatic heterocycles. The minimum absolute atomic E-state index is 0.0872. The molecule has 0 bridgehead atoms. The Labute approximate surface area is 123 Å². The molecule has 6 heteroatoms. The molecule has 0 radical (unpaired) electrons. The van der Waals surface area contributed by atoms with Crippen LogP contribution in [-0.2, 0) is 10.0 Å². The van der Waals surface area contributed by atoms with E-state index < -0.39 is 10.0 Å². The Kier molecular flexibility index (Phi) is 4.72. The fraction of sp³-hybridized carbons (Fsp3) is 0.133. The Morgan fingerprint density at radius 2 is 1.67 bits per heavy atom. The van der Waals surface area contributed by atoms with Crippen LogP contribution in [0.2, 0.25) is 0 Å². The highest BCUT2D eigenvalue weighted by Crippen LogP contribution is 2.15. The van der Waals surface area contributed by atoms with Crippen LogP contribution in [0.3, 0.4) is 0 Å². The molecule has 21 heavy (non-hydrogen) atoms. The van der Waals surface area contributed by atoms with Crippen molar-refractivity contribution < 1.29 is 17.9 Å². The first-order valence-corrected chi connectivity index (χ1v) is 7.73. The van der Waals surface area contributed by atoms with Crippen LogP contribution in [0.25, 0.3) is 0 Å². The molecule has 0 atom stereocenters. The fourth-order valence-electron chi connectivity index (χ4n) is 1.72. The number of ketones is 1. The Bertz CT molecular complexity index is 709. The fourth-order valence-corrected chi connectivity index (χ4v) is 2.71. The van der Waals surface area contributed by atoms with E-state index in [-0.39, 0.29) is 17.2 Å². The summed E-state index contributed by atoms with van der Waals surface area (Å²) in [6.07, 6.45) is 0. The highest BCUT2D eigenvalue weighted by Gasteiger charge is 2.16. The predicted octanol–water partition coefficient (Wildman–Crippen LogP) is 1.86. The van der Waals surface area contributed by atoms with Crippen molar-refractivity contribution in [1.29, 1.82) is 0 Å². The first kappa shape index (κ1) is 15.2. The molecule has 0 saturated carbocycles. The van der Waals surface area contributed by atoms with Gasteiger partial charge in [0.25, 0.3) is 0 Å². The molecule has 2 rings (SSSR count). The number of methoxy groups -OCH3 is 1. The van der Waals surface area contributed by atoms with Crippen molar-refractivity contribution in [3.63, 3.8) is 0 Å². The maximum Gasteiger partial charge on any atom is 0.240 e. The van der Waals surface area contributed by atoms with Crippen LogP contribution >= 0.6 is 0 Å². The van der Waals surface area contributed by atoms with Crippen LogP contribution in [0.15, 0.2) is 59.5 Å². The maximum atomic E-state index is 12.1. The first-order valence-electron chi connectivity index (χ1n) is 6.25. The lowest BCUT2D eigenvalue weighted by atomic mass is 10.1. The molecule has 110 valence electrons. The van der Waals surface area contributed by atoms with Crippen molar-refractivity contribution in [3.8, 4) is 5.75 Å². The van der Waals surface area contributed by atoms with Crippen molar-refractivity contribution in [2.24, 2.45) is 0 Å². The third-order valence-electron chi connectivity index (χ3n) is 2.89. The van der Waals surface area contributed by atoms with E-state index in [0.717, 1.165) is 0 Å². The summed E-state index contributed by atoms with van der Waals surface area (Å²) in [7, 11) is -2.21. The van der Waals surface area contributed by atoms with Crippen LogP contribution in [0.5, 0.6) is 5.75 Å². The number of benzene rings is 2. The zero-order valence-electron chi connectivity index (χ0n) is 11.4. The molecule has 2 aromatic rings. The Balaban J connectivity index is 2.05. The molecule has 0 fully saturated rings. The van der Waals surface area contributed by atoms with E-state index in [2.05, 4.69) is 4.72 Å². The summed E-state index contributed by atoms with van der Waals surface area (Å²) in [6, 6.07) is 14.5. The molecular formula is C15H15NO4S. The quantitative estimate of drug-likeness (QED) is 0.827. The monoisotopic (exact) mass is 305 g/mol. The summed E-state index contributed by atoms with van der Waals surface area (Å²) in [4.78, 5) is 12.0.